The first-order chi connectivity index (χ1) is 8.51. The Balaban J connectivity index is 1.78. The Morgan fingerprint density at radius 1 is 1.50 bits per heavy atom. The third-order valence-corrected chi connectivity index (χ3v) is 4.84. The summed E-state index contributed by atoms with van der Waals surface area (Å²) in [6.45, 7) is 5.46. The molecule has 1 aromatic rings. The molecular formula is C11H18N4O2S. The molecule has 0 radical (unpaired) electrons. The molecule has 0 bridgehead atoms. The molecule has 2 rings (SSSR count). The minimum atomic E-state index is -3.00. The molecule has 18 heavy (non-hydrogen) atoms. The average Bonchev–Trinajstić information content (AvgIpc) is 2.27. The summed E-state index contributed by atoms with van der Waals surface area (Å²) in [6.07, 6.45) is 1.71. The van der Waals surface area contributed by atoms with E-state index in [2.05, 4.69) is 15.3 Å². The lowest BCUT2D eigenvalue weighted by Gasteiger charge is -2.37. The third-order valence-electron chi connectivity index (χ3n) is 3.03. The van der Waals surface area contributed by atoms with Crippen LogP contribution in [0.5, 0.6) is 0 Å². The van der Waals surface area contributed by atoms with Crippen molar-refractivity contribution in [2.45, 2.75) is 13.8 Å². The molecular weight excluding hydrogens is 252 g/mol. The lowest BCUT2D eigenvalue weighted by molar-refractivity contribution is 0.212. The van der Waals surface area contributed by atoms with E-state index in [9.17, 15) is 8.42 Å². The van der Waals surface area contributed by atoms with Crippen molar-refractivity contribution in [1.82, 2.24) is 14.3 Å². The summed E-state index contributed by atoms with van der Waals surface area (Å²) in [5, 5.41) is 3.20. The Kier molecular flexibility index (Phi) is 3.82. The van der Waals surface area contributed by atoms with Gasteiger partial charge in [-0.3, -0.25) is 0 Å². The Labute approximate surface area is 107 Å². The number of aromatic nitrogens is 2. The Hall–Kier alpha value is -1.21. The number of anilines is 1. The van der Waals surface area contributed by atoms with Crippen LogP contribution in [0.3, 0.4) is 0 Å². The van der Waals surface area contributed by atoms with Crippen LogP contribution < -0.4 is 5.32 Å². The summed E-state index contributed by atoms with van der Waals surface area (Å²) in [5.41, 5.74) is 0. The summed E-state index contributed by atoms with van der Waals surface area (Å²) in [5.74, 6) is 2.06. The molecule has 0 spiro atoms. The van der Waals surface area contributed by atoms with Crippen molar-refractivity contribution in [2.24, 2.45) is 5.92 Å². The van der Waals surface area contributed by atoms with Gasteiger partial charge in [-0.1, -0.05) is 0 Å². The molecule has 7 heteroatoms. The molecule has 0 amide bonds. The lowest BCUT2D eigenvalue weighted by Crippen LogP contribution is -2.52. The maximum atomic E-state index is 11.5. The minimum Gasteiger partial charge on any atom is -0.370 e. The Morgan fingerprint density at radius 3 is 2.83 bits per heavy atom. The van der Waals surface area contributed by atoms with Crippen molar-refractivity contribution in [3.63, 3.8) is 0 Å². The van der Waals surface area contributed by atoms with Crippen molar-refractivity contribution in [3.05, 3.63) is 18.1 Å². The van der Waals surface area contributed by atoms with Crippen molar-refractivity contribution in [3.8, 4) is 0 Å². The largest absolute Gasteiger partial charge is 0.370 e. The van der Waals surface area contributed by atoms with Crippen LogP contribution in [0.1, 0.15) is 12.7 Å². The first-order valence-corrected chi connectivity index (χ1v) is 7.63. The van der Waals surface area contributed by atoms with E-state index in [0.29, 0.717) is 19.0 Å². The molecule has 1 N–H and O–H groups in total. The third kappa shape index (κ3) is 2.97. The summed E-state index contributed by atoms with van der Waals surface area (Å²) in [7, 11) is -3.00. The van der Waals surface area contributed by atoms with E-state index in [0.717, 1.165) is 18.2 Å². The molecule has 0 atom stereocenters. The van der Waals surface area contributed by atoms with Crippen LogP contribution in [0.2, 0.25) is 0 Å². The predicted octanol–water partition coefficient (Wildman–Crippen LogP) is 0.478. The molecule has 1 aliphatic rings. The van der Waals surface area contributed by atoms with Crippen LogP contribution in [0, 0.1) is 12.8 Å². The fourth-order valence-electron chi connectivity index (χ4n) is 1.86. The quantitative estimate of drug-likeness (QED) is 0.842. The average molecular weight is 270 g/mol. The number of hydrogen-bond donors (Lipinski definition) is 1. The molecule has 1 aromatic heterocycles. The summed E-state index contributed by atoms with van der Waals surface area (Å²) < 4.78 is 24.6. The molecule has 1 fully saturated rings. The molecule has 6 nitrogen and oxygen atoms in total. The van der Waals surface area contributed by atoms with E-state index >= 15 is 0 Å². The number of nitrogens with one attached hydrogen (secondary N) is 1. The van der Waals surface area contributed by atoms with E-state index in [1.54, 1.807) is 13.1 Å². The van der Waals surface area contributed by atoms with Gasteiger partial charge in [0.2, 0.25) is 10.0 Å². The van der Waals surface area contributed by atoms with Crippen molar-refractivity contribution < 1.29 is 8.42 Å². The highest BCUT2D eigenvalue weighted by molar-refractivity contribution is 7.89. The highest BCUT2D eigenvalue weighted by atomic mass is 32.2. The molecule has 100 valence electrons. The molecule has 1 saturated heterocycles. The Bertz CT molecular complexity index is 512. The van der Waals surface area contributed by atoms with E-state index in [-0.39, 0.29) is 5.75 Å². The van der Waals surface area contributed by atoms with Crippen LogP contribution in [0.15, 0.2) is 12.3 Å². The summed E-state index contributed by atoms with van der Waals surface area (Å²) in [6, 6.07) is 1.81. The van der Waals surface area contributed by atoms with Gasteiger partial charge in [-0.15, -0.1) is 0 Å². The second-order valence-corrected chi connectivity index (χ2v) is 6.71. The SMILES string of the molecule is CCS(=O)(=O)N1CC(CNc2ccnc(C)n2)C1. The first-order valence-electron chi connectivity index (χ1n) is 6.02. The minimum absolute atomic E-state index is 0.179. The molecule has 0 aromatic carbocycles. The highest BCUT2D eigenvalue weighted by Crippen LogP contribution is 2.20. The van der Waals surface area contributed by atoms with Crippen molar-refractivity contribution in [1.29, 1.82) is 0 Å². The zero-order chi connectivity index (χ0) is 13.2. The second-order valence-electron chi connectivity index (χ2n) is 4.45. The van der Waals surface area contributed by atoms with Gasteiger partial charge in [0.05, 0.1) is 5.75 Å². The molecule has 0 unspecified atom stereocenters. The van der Waals surface area contributed by atoms with Gasteiger partial charge in [-0.2, -0.15) is 0 Å². The van der Waals surface area contributed by atoms with Crippen LogP contribution >= 0.6 is 0 Å². The van der Waals surface area contributed by atoms with Gasteiger partial charge in [0, 0.05) is 31.7 Å². The van der Waals surface area contributed by atoms with Gasteiger partial charge in [-0.05, 0) is 19.9 Å². The van der Waals surface area contributed by atoms with E-state index in [1.165, 1.54) is 4.31 Å². The van der Waals surface area contributed by atoms with Gasteiger partial charge in [0.1, 0.15) is 11.6 Å². The summed E-state index contributed by atoms with van der Waals surface area (Å²) in [4.78, 5) is 8.25. The highest BCUT2D eigenvalue weighted by Gasteiger charge is 2.34. The smallest absolute Gasteiger partial charge is 0.213 e. The number of sulfonamides is 1. The standard InChI is InChI=1S/C11H18N4O2S/c1-3-18(16,17)15-7-10(8-15)6-13-11-4-5-12-9(2)14-11/h4-5,10H,3,6-8H2,1-2H3,(H,12,13,14). The number of hydrogen-bond acceptors (Lipinski definition) is 5. The number of rotatable bonds is 5. The fraction of sp³-hybridized carbons (Fsp3) is 0.636. The van der Waals surface area contributed by atoms with Gasteiger partial charge in [0.15, 0.2) is 0 Å². The topological polar surface area (TPSA) is 75.2 Å². The molecule has 0 aliphatic carbocycles. The summed E-state index contributed by atoms with van der Waals surface area (Å²) >= 11 is 0. The van der Waals surface area contributed by atoms with Gasteiger partial charge < -0.3 is 5.32 Å². The van der Waals surface area contributed by atoms with Crippen molar-refractivity contribution in [2.75, 3.05) is 30.7 Å². The zero-order valence-corrected chi connectivity index (χ0v) is 11.4. The van der Waals surface area contributed by atoms with E-state index in [4.69, 9.17) is 0 Å². The fourth-order valence-corrected chi connectivity index (χ4v) is 3.11. The second kappa shape index (κ2) is 5.19. The maximum absolute atomic E-state index is 11.5. The zero-order valence-electron chi connectivity index (χ0n) is 10.6. The molecule has 1 aliphatic heterocycles. The van der Waals surface area contributed by atoms with Crippen LogP contribution in [-0.4, -0.2) is 48.1 Å². The lowest BCUT2D eigenvalue weighted by atomic mass is 10.0. The molecule has 0 saturated carbocycles. The first kappa shape index (κ1) is 13.2. The Morgan fingerprint density at radius 2 is 2.22 bits per heavy atom. The number of nitrogens with zero attached hydrogens (tertiary/aromatic N) is 3. The monoisotopic (exact) mass is 270 g/mol. The normalized spacial score (nSPS) is 17.4. The van der Waals surface area contributed by atoms with Crippen LogP contribution in [0.25, 0.3) is 0 Å². The number of aryl methyl sites for hydroxylation is 1. The van der Waals surface area contributed by atoms with Crippen LogP contribution in [0.4, 0.5) is 5.82 Å². The predicted molar refractivity (Wildman–Crippen MR) is 69.8 cm³/mol. The van der Waals surface area contributed by atoms with E-state index < -0.39 is 10.0 Å². The van der Waals surface area contributed by atoms with Gasteiger partial charge in [0.25, 0.3) is 0 Å². The van der Waals surface area contributed by atoms with Crippen LogP contribution in [-0.2, 0) is 10.0 Å². The van der Waals surface area contributed by atoms with Gasteiger partial charge in [-0.25, -0.2) is 22.7 Å². The maximum Gasteiger partial charge on any atom is 0.213 e. The van der Waals surface area contributed by atoms with Crippen molar-refractivity contribution >= 4 is 15.8 Å². The molecule has 2 heterocycles. The van der Waals surface area contributed by atoms with Gasteiger partial charge >= 0.3 is 0 Å². The van der Waals surface area contributed by atoms with E-state index in [1.807, 2.05) is 13.0 Å².